The third kappa shape index (κ3) is 2.88. The minimum atomic E-state index is -4.39. The first-order chi connectivity index (χ1) is 12.6. The van der Waals surface area contributed by atoms with Gasteiger partial charge in [0.1, 0.15) is 5.92 Å². The minimum Gasteiger partial charge on any atom is -0.466 e. The quantitative estimate of drug-likeness (QED) is 0.325. The van der Waals surface area contributed by atoms with E-state index < -0.39 is 44.4 Å². The number of carbonyl (C=O) groups excluding carboxylic acids is 2. The Bertz CT molecular complexity index is 940. The smallest absolute Gasteiger partial charge is 0.312 e. The fourth-order valence-electron chi connectivity index (χ4n) is 3.25. The minimum absolute atomic E-state index is 0.0544. The van der Waals surface area contributed by atoms with Crippen molar-refractivity contribution in [3.8, 4) is 0 Å². The predicted octanol–water partition coefficient (Wildman–Crippen LogP) is 0.365. The molecule has 0 saturated carbocycles. The summed E-state index contributed by atoms with van der Waals surface area (Å²) in [5.41, 5.74) is -2.63. The van der Waals surface area contributed by atoms with E-state index in [9.17, 15) is 33.2 Å². The number of nitro benzene ring substituents is 1. The average Bonchev–Trinajstić information content (AvgIpc) is 2.62. The van der Waals surface area contributed by atoms with E-state index in [0.717, 1.165) is 30.3 Å². The van der Waals surface area contributed by atoms with Gasteiger partial charge in [-0.3, -0.25) is 19.7 Å². The number of non-ortho nitro benzene ring substituents is 1. The molecular formula is C16H16N2O8S. The second kappa shape index (κ2) is 6.43. The van der Waals surface area contributed by atoms with Crippen molar-refractivity contribution in [2.24, 2.45) is 5.92 Å². The van der Waals surface area contributed by atoms with Gasteiger partial charge in [0.2, 0.25) is 0 Å². The molecule has 3 atom stereocenters. The third-order valence-electron chi connectivity index (χ3n) is 4.60. The Morgan fingerprint density at radius 1 is 1.41 bits per heavy atom. The van der Waals surface area contributed by atoms with Crippen molar-refractivity contribution in [3.63, 3.8) is 0 Å². The number of aliphatic hydroxyl groups is 1. The molecule has 1 fully saturated rings. The van der Waals surface area contributed by atoms with Gasteiger partial charge in [-0.25, -0.2) is 12.7 Å². The van der Waals surface area contributed by atoms with Gasteiger partial charge in [-0.1, -0.05) is 6.08 Å². The van der Waals surface area contributed by atoms with Crippen molar-refractivity contribution in [1.82, 2.24) is 4.31 Å². The Labute approximate surface area is 154 Å². The summed E-state index contributed by atoms with van der Waals surface area (Å²) < 4.78 is 31.2. The highest BCUT2D eigenvalue weighted by atomic mass is 32.2. The van der Waals surface area contributed by atoms with Crippen LogP contribution >= 0.6 is 0 Å². The number of amides is 1. The van der Waals surface area contributed by atoms with Crippen LogP contribution in [0.4, 0.5) is 5.69 Å². The number of esters is 1. The zero-order valence-corrected chi connectivity index (χ0v) is 15.0. The number of hydrogen-bond acceptors (Lipinski definition) is 8. The molecule has 2 bridgehead atoms. The molecule has 2 heterocycles. The zero-order chi connectivity index (χ0) is 20.0. The maximum atomic E-state index is 12.9. The van der Waals surface area contributed by atoms with Gasteiger partial charge in [-0.15, -0.1) is 0 Å². The van der Waals surface area contributed by atoms with Gasteiger partial charge < -0.3 is 9.84 Å². The van der Waals surface area contributed by atoms with Gasteiger partial charge in [0.15, 0.2) is 5.60 Å². The number of fused-ring (bicyclic) bond motifs is 2. The summed E-state index contributed by atoms with van der Waals surface area (Å²) in [6.45, 7) is 1.63. The van der Waals surface area contributed by atoms with Gasteiger partial charge in [0, 0.05) is 12.1 Å². The van der Waals surface area contributed by atoms with Gasteiger partial charge in [-0.2, -0.15) is 0 Å². The van der Waals surface area contributed by atoms with E-state index in [1.54, 1.807) is 6.92 Å². The lowest BCUT2D eigenvalue weighted by atomic mass is 9.73. The molecule has 4 rings (SSSR count). The molecule has 1 aromatic rings. The molecule has 27 heavy (non-hydrogen) atoms. The lowest BCUT2D eigenvalue weighted by Crippen LogP contribution is -2.66. The second-order valence-electron chi connectivity index (χ2n) is 6.15. The van der Waals surface area contributed by atoms with E-state index in [2.05, 4.69) is 0 Å². The molecule has 0 aromatic heterocycles. The van der Waals surface area contributed by atoms with Crippen LogP contribution in [-0.4, -0.2) is 52.9 Å². The molecule has 1 amide bonds. The van der Waals surface area contributed by atoms with Crippen LogP contribution in [0.15, 0.2) is 41.3 Å². The summed E-state index contributed by atoms with van der Waals surface area (Å²) in [6, 6.07) is 3.07. The zero-order valence-electron chi connectivity index (χ0n) is 14.1. The number of rotatable bonds is 5. The maximum Gasteiger partial charge on any atom is 0.312 e. The Hall–Kier alpha value is -2.79. The maximum absolute atomic E-state index is 12.9. The number of sulfonamides is 1. The fourth-order valence-corrected chi connectivity index (χ4v) is 4.84. The predicted molar refractivity (Wildman–Crippen MR) is 89.7 cm³/mol. The number of carbonyl (C=O) groups is 2. The standard InChI is InChI=1S/C16H16N2O8S/c1-2-26-14(19)13-9-11-7-8-16(13,21)15(20)17(11)27(24,25)12-5-3-10(4-6-12)18(22)23/h3-8,11,13,21H,2,9H2,1H3/t11-,13-,16-/m1/s1. The van der Waals surface area contributed by atoms with Gasteiger partial charge >= 0.3 is 5.97 Å². The van der Waals surface area contributed by atoms with Crippen LogP contribution in [0.5, 0.6) is 0 Å². The van der Waals surface area contributed by atoms with E-state index in [1.807, 2.05) is 0 Å². The SMILES string of the molecule is CCOC(=O)[C@H]1C[C@H]2C=C[C@]1(O)C(=O)N2S(=O)(=O)c1ccc([N+](=O)[O-])cc1. The van der Waals surface area contributed by atoms with E-state index in [1.165, 1.54) is 6.08 Å². The van der Waals surface area contributed by atoms with Crippen molar-refractivity contribution in [3.05, 3.63) is 46.5 Å². The number of nitro groups is 1. The summed E-state index contributed by atoms with van der Waals surface area (Å²) in [5.74, 6) is -3.14. The molecule has 0 radical (unpaired) electrons. The first kappa shape index (κ1) is 19.0. The fraction of sp³-hybridized carbons (Fsp3) is 0.375. The molecule has 1 saturated heterocycles. The summed E-state index contributed by atoms with van der Waals surface area (Å²) in [4.78, 5) is 34.5. The monoisotopic (exact) mass is 396 g/mol. The summed E-state index contributed by atoms with van der Waals surface area (Å²) in [5, 5.41) is 21.4. The molecule has 144 valence electrons. The largest absolute Gasteiger partial charge is 0.466 e. The van der Waals surface area contributed by atoms with Gasteiger partial charge in [-0.05, 0) is 31.6 Å². The van der Waals surface area contributed by atoms with Crippen LogP contribution < -0.4 is 0 Å². The number of benzene rings is 1. The van der Waals surface area contributed by atoms with Crippen molar-refractivity contribution >= 4 is 27.6 Å². The van der Waals surface area contributed by atoms with Crippen molar-refractivity contribution in [2.75, 3.05) is 6.61 Å². The highest BCUT2D eigenvalue weighted by molar-refractivity contribution is 7.89. The van der Waals surface area contributed by atoms with E-state index in [0.29, 0.717) is 4.31 Å². The number of ether oxygens (including phenoxy) is 1. The molecule has 1 aromatic carbocycles. The normalized spacial score (nSPS) is 26.9. The molecule has 0 spiro atoms. The van der Waals surface area contributed by atoms with Crippen molar-refractivity contribution in [2.45, 2.75) is 29.9 Å². The van der Waals surface area contributed by atoms with E-state index in [-0.39, 0.29) is 23.6 Å². The number of hydrogen-bond donors (Lipinski definition) is 1. The molecule has 0 unspecified atom stereocenters. The number of nitrogens with zero attached hydrogens (tertiary/aromatic N) is 2. The average molecular weight is 396 g/mol. The van der Waals surface area contributed by atoms with Crippen LogP contribution in [0.3, 0.4) is 0 Å². The Morgan fingerprint density at radius 3 is 2.59 bits per heavy atom. The molecular weight excluding hydrogens is 380 g/mol. The van der Waals surface area contributed by atoms with Crippen LogP contribution in [0.2, 0.25) is 0 Å². The van der Waals surface area contributed by atoms with Crippen LogP contribution in [-0.2, 0) is 24.3 Å². The van der Waals surface area contributed by atoms with Gasteiger partial charge in [0.05, 0.1) is 22.5 Å². The van der Waals surface area contributed by atoms with Crippen LogP contribution in [0.1, 0.15) is 13.3 Å². The summed E-state index contributed by atoms with van der Waals surface area (Å²) in [6.07, 6.45) is 2.34. The van der Waals surface area contributed by atoms with Gasteiger partial charge in [0.25, 0.3) is 21.6 Å². The Balaban J connectivity index is 1.97. The van der Waals surface area contributed by atoms with Crippen LogP contribution in [0, 0.1) is 16.0 Å². The molecule has 3 aliphatic rings. The topological polar surface area (TPSA) is 144 Å². The Kier molecular flexibility index (Phi) is 4.52. The number of piperidine rings is 1. The molecule has 1 N–H and O–H groups in total. The van der Waals surface area contributed by atoms with E-state index >= 15 is 0 Å². The third-order valence-corrected chi connectivity index (χ3v) is 6.42. The van der Waals surface area contributed by atoms with Crippen molar-refractivity contribution in [1.29, 1.82) is 0 Å². The summed E-state index contributed by atoms with van der Waals surface area (Å²) in [7, 11) is -4.39. The lowest BCUT2D eigenvalue weighted by molar-refractivity contribution is -0.384. The lowest BCUT2D eigenvalue weighted by Gasteiger charge is -2.47. The summed E-state index contributed by atoms with van der Waals surface area (Å²) >= 11 is 0. The highest BCUT2D eigenvalue weighted by Gasteiger charge is 2.60. The molecule has 10 nitrogen and oxygen atoms in total. The van der Waals surface area contributed by atoms with Crippen LogP contribution in [0.25, 0.3) is 0 Å². The molecule has 1 aliphatic carbocycles. The van der Waals surface area contributed by atoms with Crippen molar-refractivity contribution < 1.29 is 32.8 Å². The molecule has 11 heteroatoms. The Morgan fingerprint density at radius 2 is 2.04 bits per heavy atom. The second-order valence-corrected chi connectivity index (χ2v) is 7.96. The van der Waals surface area contributed by atoms with E-state index in [4.69, 9.17) is 4.74 Å². The first-order valence-electron chi connectivity index (χ1n) is 8.04. The first-order valence-corrected chi connectivity index (χ1v) is 9.48. The highest BCUT2D eigenvalue weighted by Crippen LogP contribution is 2.42. The molecule has 2 aliphatic heterocycles.